The molecule has 2 N–H and O–H groups in total. The van der Waals surface area contributed by atoms with Crippen molar-refractivity contribution in [3.05, 3.63) is 24.3 Å². The van der Waals surface area contributed by atoms with E-state index in [1.54, 1.807) is 0 Å². The predicted molar refractivity (Wildman–Crippen MR) is 79.4 cm³/mol. The first kappa shape index (κ1) is 12.5. The van der Waals surface area contributed by atoms with Gasteiger partial charge in [-0.05, 0) is 51.9 Å². The van der Waals surface area contributed by atoms with Crippen molar-refractivity contribution in [2.75, 3.05) is 19.4 Å². The van der Waals surface area contributed by atoms with Crippen molar-refractivity contribution in [3.63, 3.8) is 0 Å². The number of anilines is 1. The number of H-pyrrole nitrogens is 1. The first-order valence-electron chi connectivity index (χ1n) is 7.10. The van der Waals surface area contributed by atoms with Gasteiger partial charge in [-0.2, -0.15) is 0 Å². The first-order chi connectivity index (χ1) is 9.22. The van der Waals surface area contributed by atoms with Gasteiger partial charge in [-0.15, -0.1) is 0 Å². The second-order valence-electron chi connectivity index (χ2n) is 5.73. The van der Waals surface area contributed by atoms with Gasteiger partial charge in [0.05, 0.1) is 11.0 Å². The molecule has 19 heavy (non-hydrogen) atoms. The Kier molecular flexibility index (Phi) is 3.42. The standard InChI is InChI=1S/C15H22N4/c1-19(2)12-7-5-6-11(10-12)16-15-17-13-8-3-4-9-14(13)18-15/h3-4,8-9,11-12H,5-7,10H2,1-2H3,(H2,16,17,18). The average molecular weight is 258 g/mol. The quantitative estimate of drug-likeness (QED) is 0.889. The lowest BCUT2D eigenvalue weighted by Crippen LogP contribution is -2.38. The minimum Gasteiger partial charge on any atom is -0.353 e. The van der Waals surface area contributed by atoms with E-state index in [1.807, 2.05) is 18.2 Å². The summed E-state index contributed by atoms with van der Waals surface area (Å²) in [4.78, 5) is 10.3. The molecule has 1 heterocycles. The van der Waals surface area contributed by atoms with E-state index in [9.17, 15) is 0 Å². The Bertz CT molecular complexity index is 513. The average Bonchev–Trinajstić information content (AvgIpc) is 2.81. The Morgan fingerprint density at radius 1 is 1.26 bits per heavy atom. The van der Waals surface area contributed by atoms with E-state index >= 15 is 0 Å². The number of fused-ring (bicyclic) bond motifs is 1. The van der Waals surface area contributed by atoms with E-state index in [1.165, 1.54) is 25.7 Å². The van der Waals surface area contributed by atoms with Gasteiger partial charge in [0.2, 0.25) is 5.95 Å². The number of imidazole rings is 1. The van der Waals surface area contributed by atoms with E-state index in [4.69, 9.17) is 0 Å². The van der Waals surface area contributed by atoms with Crippen LogP contribution in [0, 0.1) is 0 Å². The zero-order chi connectivity index (χ0) is 13.2. The van der Waals surface area contributed by atoms with Crippen LogP contribution in [0.25, 0.3) is 11.0 Å². The summed E-state index contributed by atoms with van der Waals surface area (Å²) in [6, 6.07) is 9.39. The van der Waals surface area contributed by atoms with Crippen LogP contribution >= 0.6 is 0 Å². The number of benzene rings is 1. The molecule has 2 atom stereocenters. The second-order valence-corrected chi connectivity index (χ2v) is 5.73. The smallest absolute Gasteiger partial charge is 0.201 e. The molecule has 4 heteroatoms. The van der Waals surface area contributed by atoms with Gasteiger partial charge in [0, 0.05) is 12.1 Å². The van der Waals surface area contributed by atoms with Crippen LogP contribution in [0.5, 0.6) is 0 Å². The van der Waals surface area contributed by atoms with Gasteiger partial charge >= 0.3 is 0 Å². The number of para-hydroxylation sites is 2. The zero-order valence-electron chi connectivity index (χ0n) is 11.7. The topological polar surface area (TPSA) is 44.0 Å². The molecule has 3 rings (SSSR count). The van der Waals surface area contributed by atoms with Crippen molar-refractivity contribution in [1.82, 2.24) is 14.9 Å². The van der Waals surface area contributed by atoms with Crippen LogP contribution in [0.4, 0.5) is 5.95 Å². The molecule has 0 saturated heterocycles. The van der Waals surface area contributed by atoms with E-state index in [2.05, 4.69) is 40.3 Å². The fraction of sp³-hybridized carbons (Fsp3) is 0.533. The number of hydrogen-bond donors (Lipinski definition) is 2. The van der Waals surface area contributed by atoms with Crippen molar-refractivity contribution < 1.29 is 0 Å². The summed E-state index contributed by atoms with van der Waals surface area (Å²) in [6.07, 6.45) is 5.04. The molecular weight excluding hydrogens is 236 g/mol. The summed E-state index contributed by atoms with van der Waals surface area (Å²) in [5.41, 5.74) is 2.13. The number of aromatic nitrogens is 2. The molecule has 102 valence electrons. The lowest BCUT2D eigenvalue weighted by molar-refractivity contribution is 0.219. The number of nitrogens with zero attached hydrogens (tertiary/aromatic N) is 2. The minimum atomic E-state index is 0.529. The molecule has 2 unspecified atom stereocenters. The summed E-state index contributed by atoms with van der Waals surface area (Å²) in [5.74, 6) is 0.908. The fourth-order valence-corrected chi connectivity index (χ4v) is 2.98. The molecule has 1 saturated carbocycles. The highest BCUT2D eigenvalue weighted by Crippen LogP contribution is 2.24. The molecular formula is C15H22N4. The molecule has 1 aromatic carbocycles. The summed E-state index contributed by atoms with van der Waals surface area (Å²) >= 11 is 0. The van der Waals surface area contributed by atoms with Crippen molar-refractivity contribution in [2.45, 2.75) is 37.8 Å². The fourth-order valence-electron chi connectivity index (χ4n) is 2.98. The van der Waals surface area contributed by atoms with Gasteiger partial charge < -0.3 is 15.2 Å². The molecule has 0 amide bonds. The molecule has 1 fully saturated rings. The molecule has 0 radical (unpaired) electrons. The lowest BCUT2D eigenvalue weighted by atomic mass is 9.90. The molecule has 0 aliphatic heterocycles. The van der Waals surface area contributed by atoms with Crippen molar-refractivity contribution in [3.8, 4) is 0 Å². The molecule has 1 aliphatic carbocycles. The van der Waals surface area contributed by atoms with Crippen molar-refractivity contribution >= 4 is 17.0 Å². The Hall–Kier alpha value is -1.55. The third kappa shape index (κ3) is 2.73. The van der Waals surface area contributed by atoms with Crippen molar-refractivity contribution in [2.24, 2.45) is 0 Å². The second kappa shape index (κ2) is 5.21. The minimum absolute atomic E-state index is 0.529. The van der Waals surface area contributed by atoms with E-state index in [0.717, 1.165) is 17.0 Å². The summed E-state index contributed by atoms with van der Waals surface area (Å²) < 4.78 is 0. The largest absolute Gasteiger partial charge is 0.353 e. The number of nitrogens with one attached hydrogen (secondary N) is 2. The molecule has 0 spiro atoms. The maximum atomic E-state index is 4.60. The molecule has 1 aliphatic rings. The lowest BCUT2D eigenvalue weighted by Gasteiger charge is -2.33. The normalized spacial score (nSPS) is 23.9. The maximum absolute atomic E-state index is 4.60. The van der Waals surface area contributed by atoms with Crippen LogP contribution in [0.15, 0.2) is 24.3 Å². The first-order valence-corrected chi connectivity index (χ1v) is 7.10. The van der Waals surface area contributed by atoms with Gasteiger partial charge in [0.1, 0.15) is 0 Å². The third-order valence-corrected chi connectivity index (χ3v) is 4.11. The number of hydrogen-bond acceptors (Lipinski definition) is 3. The van der Waals surface area contributed by atoms with Crippen LogP contribution in [-0.4, -0.2) is 41.0 Å². The van der Waals surface area contributed by atoms with Crippen LogP contribution in [-0.2, 0) is 0 Å². The highest BCUT2D eigenvalue weighted by Gasteiger charge is 2.23. The highest BCUT2D eigenvalue weighted by atomic mass is 15.2. The summed E-state index contributed by atoms with van der Waals surface area (Å²) in [6.45, 7) is 0. The number of rotatable bonds is 3. The predicted octanol–water partition coefficient (Wildman–Crippen LogP) is 2.85. The Labute approximate surface area is 114 Å². The maximum Gasteiger partial charge on any atom is 0.201 e. The Balaban J connectivity index is 1.70. The van der Waals surface area contributed by atoms with Crippen LogP contribution in [0.2, 0.25) is 0 Å². The SMILES string of the molecule is CN(C)C1CCCC(Nc2nc3ccccc3[nH]2)C1. The molecule has 1 aromatic heterocycles. The van der Waals surface area contributed by atoms with Gasteiger partial charge in [0.15, 0.2) is 0 Å². The van der Waals surface area contributed by atoms with Gasteiger partial charge in [0.25, 0.3) is 0 Å². The van der Waals surface area contributed by atoms with Crippen molar-refractivity contribution in [1.29, 1.82) is 0 Å². The number of aromatic amines is 1. The monoisotopic (exact) mass is 258 g/mol. The van der Waals surface area contributed by atoms with E-state index < -0.39 is 0 Å². The van der Waals surface area contributed by atoms with E-state index in [-0.39, 0.29) is 0 Å². The van der Waals surface area contributed by atoms with E-state index in [0.29, 0.717) is 12.1 Å². The molecule has 2 aromatic rings. The molecule has 4 nitrogen and oxygen atoms in total. The molecule has 0 bridgehead atoms. The third-order valence-electron chi connectivity index (χ3n) is 4.11. The summed E-state index contributed by atoms with van der Waals surface area (Å²) in [5, 5.41) is 3.56. The van der Waals surface area contributed by atoms with Crippen LogP contribution in [0.1, 0.15) is 25.7 Å². The Morgan fingerprint density at radius 3 is 2.89 bits per heavy atom. The zero-order valence-corrected chi connectivity index (χ0v) is 11.7. The van der Waals surface area contributed by atoms with Gasteiger partial charge in [-0.25, -0.2) is 4.98 Å². The van der Waals surface area contributed by atoms with Crippen LogP contribution in [0.3, 0.4) is 0 Å². The van der Waals surface area contributed by atoms with Crippen LogP contribution < -0.4 is 5.32 Å². The van der Waals surface area contributed by atoms with Gasteiger partial charge in [-0.1, -0.05) is 12.1 Å². The Morgan fingerprint density at radius 2 is 2.11 bits per heavy atom. The summed E-state index contributed by atoms with van der Waals surface area (Å²) in [7, 11) is 4.35. The highest BCUT2D eigenvalue weighted by molar-refractivity contribution is 5.77. The van der Waals surface area contributed by atoms with Gasteiger partial charge in [-0.3, -0.25) is 0 Å².